The molecule has 4 aromatic rings. The second-order valence-electron chi connectivity index (χ2n) is 5.27. The molecule has 2 heterocycles. The first-order valence-corrected chi connectivity index (χ1v) is 8.38. The van der Waals surface area contributed by atoms with E-state index in [1.807, 2.05) is 60.0 Å². The largest absolute Gasteiger partial charge is 0.419 e. The SMILES string of the molecule is N#Cc1nc(-c2cccc3ccccc23)oc1NCc1cccs1. The van der Waals surface area contributed by atoms with Gasteiger partial charge in [-0.05, 0) is 28.3 Å². The Bertz CT molecular complexity index is 1020. The van der Waals surface area contributed by atoms with Crippen LogP contribution < -0.4 is 5.32 Å². The summed E-state index contributed by atoms with van der Waals surface area (Å²) >= 11 is 1.65. The van der Waals surface area contributed by atoms with E-state index < -0.39 is 0 Å². The van der Waals surface area contributed by atoms with E-state index in [9.17, 15) is 5.26 Å². The molecule has 116 valence electrons. The maximum atomic E-state index is 9.34. The number of nitrogens with zero attached hydrogens (tertiary/aromatic N) is 2. The van der Waals surface area contributed by atoms with Crippen molar-refractivity contribution in [3.63, 3.8) is 0 Å². The van der Waals surface area contributed by atoms with Gasteiger partial charge in [-0.3, -0.25) is 0 Å². The standard InChI is InChI=1S/C19H13N3OS/c20-11-17-19(21-12-14-7-4-10-24-14)23-18(22-17)16-9-3-6-13-5-1-2-8-15(13)16/h1-10,21H,12H2. The van der Waals surface area contributed by atoms with E-state index in [1.54, 1.807) is 11.3 Å². The van der Waals surface area contributed by atoms with Crippen LogP contribution in [0.15, 0.2) is 64.4 Å². The number of anilines is 1. The Kier molecular flexibility index (Phi) is 3.73. The van der Waals surface area contributed by atoms with Gasteiger partial charge in [0, 0.05) is 10.4 Å². The van der Waals surface area contributed by atoms with E-state index in [2.05, 4.69) is 16.4 Å². The third-order valence-corrected chi connectivity index (χ3v) is 4.63. The minimum Gasteiger partial charge on any atom is -0.419 e. The van der Waals surface area contributed by atoms with Crippen LogP contribution >= 0.6 is 11.3 Å². The number of benzene rings is 2. The van der Waals surface area contributed by atoms with Crippen LogP contribution in [-0.2, 0) is 6.54 Å². The topological polar surface area (TPSA) is 61.9 Å². The Labute approximate surface area is 143 Å². The first-order valence-electron chi connectivity index (χ1n) is 7.50. The average molecular weight is 331 g/mol. The molecule has 4 rings (SSSR count). The Morgan fingerprint density at radius 1 is 1.08 bits per heavy atom. The summed E-state index contributed by atoms with van der Waals surface area (Å²) in [6, 6.07) is 20.1. The third kappa shape index (κ3) is 2.64. The molecule has 0 aliphatic heterocycles. The molecule has 0 radical (unpaired) electrons. The normalized spacial score (nSPS) is 10.6. The van der Waals surface area contributed by atoms with E-state index in [0.29, 0.717) is 18.3 Å². The van der Waals surface area contributed by atoms with Gasteiger partial charge in [0.2, 0.25) is 17.5 Å². The highest BCUT2D eigenvalue weighted by Gasteiger charge is 2.16. The summed E-state index contributed by atoms with van der Waals surface area (Å²) in [5, 5.41) is 16.7. The van der Waals surface area contributed by atoms with E-state index >= 15 is 0 Å². The lowest BCUT2D eigenvalue weighted by molar-refractivity contribution is 0.586. The Morgan fingerprint density at radius 3 is 2.79 bits per heavy atom. The maximum Gasteiger partial charge on any atom is 0.232 e. The third-order valence-electron chi connectivity index (χ3n) is 3.76. The second-order valence-corrected chi connectivity index (χ2v) is 6.30. The number of thiophene rings is 1. The summed E-state index contributed by atoms with van der Waals surface area (Å²) in [7, 11) is 0. The molecule has 0 atom stereocenters. The van der Waals surface area contributed by atoms with Crippen molar-refractivity contribution in [1.82, 2.24) is 4.98 Å². The lowest BCUT2D eigenvalue weighted by atomic mass is 10.0. The monoisotopic (exact) mass is 331 g/mol. The summed E-state index contributed by atoms with van der Waals surface area (Å²) in [6.07, 6.45) is 0. The fourth-order valence-electron chi connectivity index (χ4n) is 2.62. The number of fused-ring (bicyclic) bond motifs is 1. The lowest BCUT2D eigenvalue weighted by Gasteiger charge is -2.03. The van der Waals surface area contributed by atoms with Gasteiger partial charge in [-0.25, -0.2) is 0 Å². The first-order chi connectivity index (χ1) is 11.8. The Hall–Kier alpha value is -3.10. The van der Waals surface area contributed by atoms with Crippen molar-refractivity contribution in [2.45, 2.75) is 6.54 Å². The van der Waals surface area contributed by atoms with Gasteiger partial charge < -0.3 is 9.73 Å². The summed E-state index contributed by atoms with van der Waals surface area (Å²) in [5.74, 6) is 0.867. The Balaban J connectivity index is 1.72. The zero-order valence-electron chi connectivity index (χ0n) is 12.7. The number of oxazole rings is 1. The van der Waals surface area contributed by atoms with Crippen LogP contribution in [0.1, 0.15) is 10.6 Å². The molecule has 0 spiro atoms. The molecule has 2 aromatic heterocycles. The van der Waals surface area contributed by atoms with Crippen LogP contribution in [0.2, 0.25) is 0 Å². The van der Waals surface area contributed by atoms with E-state index in [0.717, 1.165) is 16.3 Å². The molecule has 0 bridgehead atoms. The zero-order valence-corrected chi connectivity index (χ0v) is 13.5. The molecule has 1 N–H and O–H groups in total. The van der Waals surface area contributed by atoms with Crippen LogP contribution in [0.4, 0.5) is 5.88 Å². The highest BCUT2D eigenvalue weighted by molar-refractivity contribution is 7.09. The van der Waals surface area contributed by atoms with Crippen molar-refractivity contribution in [2.75, 3.05) is 5.32 Å². The molecule has 0 amide bonds. The number of rotatable bonds is 4. The molecule has 0 fully saturated rings. The van der Waals surface area contributed by atoms with Gasteiger partial charge >= 0.3 is 0 Å². The van der Waals surface area contributed by atoms with Crippen molar-refractivity contribution in [1.29, 1.82) is 5.26 Å². The van der Waals surface area contributed by atoms with Gasteiger partial charge in [-0.1, -0.05) is 42.5 Å². The summed E-state index contributed by atoms with van der Waals surface area (Å²) in [4.78, 5) is 5.53. The van der Waals surface area contributed by atoms with Crippen LogP contribution in [0.5, 0.6) is 0 Å². The van der Waals surface area contributed by atoms with Crippen molar-refractivity contribution in [3.05, 3.63) is 70.5 Å². The van der Waals surface area contributed by atoms with E-state index in [-0.39, 0.29) is 5.69 Å². The predicted molar refractivity (Wildman–Crippen MR) is 95.8 cm³/mol. The van der Waals surface area contributed by atoms with Crippen LogP contribution in [0.25, 0.3) is 22.2 Å². The van der Waals surface area contributed by atoms with Gasteiger partial charge in [0.1, 0.15) is 6.07 Å². The highest BCUT2D eigenvalue weighted by Crippen LogP contribution is 2.31. The molecular weight excluding hydrogens is 318 g/mol. The van der Waals surface area contributed by atoms with Crippen molar-refractivity contribution < 1.29 is 4.42 Å². The fourth-order valence-corrected chi connectivity index (χ4v) is 3.27. The summed E-state index contributed by atoms with van der Waals surface area (Å²) < 4.78 is 5.86. The molecule has 4 nitrogen and oxygen atoms in total. The zero-order chi connectivity index (χ0) is 16.4. The summed E-state index contributed by atoms with van der Waals surface area (Å²) in [5.41, 5.74) is 1.16. The minimum absolute atomic E-state index is 0.273. The van der Waals surface area contributed by atoms with Gasteiger partial charge in [-0.2, -0.15) is 10.2 Å². The average Bonchev–Trinajstić information content (AvgIpc) is 3.28. The number of hydrogen-bond donors (Lipinski definition) is 1. The molecule has 0 aliphatic rings. The smallest absolute Gasteiger partial charge is 0.232 e. The molecule has 0 saturated carbocycles. The predicted octanol–water partition coefficient (Wildman–Crippen LogP) is 5.04. The number of nitriles is 1. The van der Waals surface area contributed by atoms with Gasteiger partial charge in [0.25, 0.3) is 0 Å². The van der Waals surface area contributed by atoms with Crippen molar-refractivity contribution in [2.24, 2.45) is 0 Å². The van der Waals surface area contributed by atoms with Crippen LogP contribution in [-0.4, -0.2) is 4.98 Å². The molecule has 0 saturated heterocycles. The van der Waals surface area contributed by atoms with Gasteiger partial charge in [0.15, 0.2) is 0 Å². The van der Waals surface area contributed by atoms with Crippen LogP contribution in [0, 0.1) is 11.3 Å². The lowest BCUT2D eigenvalue weighted by Crippen LogP contribution is -1.97. The van der Waals surface area contributed by atoms with Gasteiger partial charge in [0.05, 0.1) is 6.54 Å². The van der Waals surface area contributed by atoms with Crippen molar-refractivity contribution in [3.8, 4) is 17.5 Å². The van der Waals surface area contributed by atoms with Crippen LogP contribution in [0.3, 0.4) is 0 Å². The molecule has 24 heavy (non-hydrogen) atoms. The number of nitrogens with one attached hydrogen (secondary N) is 1. The van der Waals surface area contributed by atoms with Crippen molar-refractivity contribution >= 4 is 28.0 Å². The Morgan fingerprint density at radius 2 is 1.96 bits per heavy atom. The molecule has 0 unspecified atom stereocenters. The molecule has 2 aromatic carbocycles. The van der Waals surface area contributed by atoms with Gasteiger partial charge in [-0.15, -0.1) is 11.3 Å². The number of aromatic nitrogens is 1. The minimum atomic E-state index is 0.273. The quantitative estimate of drug-likeness (QED) is 0.569. The summed E-state index contributed by atoms with van der Waals surface area (Å²) in [6.45, 7) is 0.608. The number of hydrogen-bond acceptors (Lipinski definition) is 5. The molecular formula is C19H13N3OS. The van der Waals surface area contributed by atoms with E-state index in [1.165, 1.54) is 4.88 Å². The first kappa shape index (κ1) is 14.5. The molecule has 0 aliphatic carbocycles. The van der Waals surface area contributed by atoms with E-state index in [4.69, 9.17) is 4.42 Å². The maximum absolute atomic E-state index is 9.34. The fraction of sp³-hybridized carbons (Fsp3) is 0.0526. The molecule has 5 heteroatoms. The second kappa shape index (κ2) is 6.19. The highest BCUT2D eigenvalue weighted by atomic mass is 32.1.